The number of aromatic nitrogens is 2. The van der Waals surface area contributed by atoms with Gasteiger partial charge in [0.05, 0.1) is 5.56 Å². The molecule has 0 spiro atoms. The van der Waals surface area contributed by atoms with E-state index >= 15 is 0 Å². The zero-order valence-electron chi connectivity index (χ0n) is 9.06. The van der Waals surface area contributed by atoms with Crippen molar-refractivity contribution in [1.82, 2.24) is 10.1 Å². The van der Waals surface area contributed by atoms with Gasteiger partial charge in [-0.3, -0.25) is 0 Å². The SMILES string of the molecule is Oc1ccc(Br)cc1-c1nc(C2CCC2)no1. The third-order valence-corrected chi connectivity index (χ3v) is 3.59. The molecular weight excluding hydrogens is 284 g/mol. The number of hydrogen-bond donors (Lipinski definition) is 1. The molecule has 17 heavy (non-hydrogen) atoms. The molecule has 0 bridgehead atoms. The third-order valence-electron chi connectivity index (χ3n) is 3.10. The molecule has 0 saturated heterocycles. The summed E-state index contributed by atoms with van der Waals surface area (Å²) in [5.74, 6) is 1.72. The van der Waals surface area contributed by atoms with E-state index in [1.165, 1.54) is 6.42 Å². The average molecular weight is 295 g/mol. The molecule has 0 radical (unpaired) electrons. The molecule has 1 aliphatic rings. The molecule has 1 N–H and O–H groups in total. The van der Waals surface area contributed by atoms with E-state index in [0.717, 1.165) is 23.1 Å². The minimum atomic E-state index is 0.150. The second-order valence-electron chi connectivity index (χ2n) is 4.25. The highest BCUT2D eigenvalue weighted by Crippen LogP contribution is 2.37. The third kappa shape index (κ3) is 1.95. The van der Waals surface area contributed by atoms with Gasteiger partial charge < -0.3 is 9.63 Å². The Morgan fingerprint density at radius 3 is 2.88 bits per heavy atom. The van der Waals surface area contributed by atoms with Gasteiger partial charge in [0.15, 0.2) is 5.82 Å². The molecule has 1 aromatic carbocycles. The summed E-state index contributed by atoms with van der Waals surface area (Å²) in [5.41, 5.74) is 0.567. The van der Waals surface area contributed by atoms with Crippen LogP contribution >= 0.6 is 15.9 Å². The van der Waals surface area contributed by atoms with Crippen LogP contribution in [-0.2, 0) is 0 Å². The van der Waals surface area contributed by atoms with Crippen LogP contribution in [0.5, 0.6) is 5.75 Å². The molecule has 1 fully saturated rings. The number of benzene rings is 1. The molecule has 0 atom stereocenters. The fourth-order valence-electron chi connectivity index (χ4n) is 1.86. The fraction of sp³-hybridized carbons (Fsp3) is 0.333. The van der Waals surface area contributed by atoms with Crippen LogP contribution in [0.15, 0.2) is 27.2 Å². The molecule has 0 unspecified atom stereocenters. The zero-order chi connectivity index (χ0) is 11.8. The molecule has 1 aliphatic carbocycles. The molecule has 5 heteroatoms. The predicted octanol–water partition coefficient (Wildman–Crippen LogP) is 3.47. The van der Waals surface area contributed by atoms with Gasteiger partial charge in [-0.05, 0) is 31.0 Å². The van der Waals surface area contributed by atoms with E-state index in [2.05, 4.69) is 26.1 Å². The van der Waals surface area contributed by atoms with Crippen LogP contribution in [0.1, 0.15) is 31.0 Å². The number of phenolic OH excluding ortho intramolecular Hbond substituents is 1. The van der Waals surface area contributed by atoms with Gasteiger partial charge in [0.25, 0.3) is 5.89 Å². The van der Waals surface area contributed by atoms with Gasteiger partial charge in [-0.2, -0.15) is 4.98 Å². The van der Waals surface area contributed by atoms with Crippen molar-refractivity contribution in [3.05, 3.63) is 28.5 Å². The Morgan fingerprint density at radius 1 is 1.35 bits per heavy atom. The Bertz CT molecular complexity index is 549. The predicted molar refractivity (Wildman–Crippen MR) is 65.7 cm³/mol. The van der Waals surface area contributed by atoms with Gasteiger partial charge in [0.1, 0.15) is 5.75 Å². The highest BCUT2D eigenvalue weighted by molar-refractivity contribution is 9.10. The summed E-state index contributed by atoms with van der Waals surface area (Å²) in [6.45, 7) is 0. The zero-order valence-corrected chi connectivity index (χ0v) is 10.6. The van der Waals surface area contributed by atoms with E-state index in [0.29, 0.717) is 17.4 Å². The summed E-state index contributed by atoms with van der Waals surface area (Å²) in [5, 5.41) is 13.7. The van der Waals surface area contributed by atoms with Crippen molar-refractivity contribution < 1.29 is 9.63 Å². The van der Waals surface area contributed by atoms with Crippen LogP contribution in [0.25, 0.3) is 11.5 Å². The maximum absolute atomic E-state index is 9.76. The topological polar surface area (TPSA) is 59.2 Å². The summed E-state index contributed by atoms with van der Waals surface area (Å²) in [4.78, 5) is 4.35. The number of hydrogen-bond acceptors (Lipinski definition) is 4. The second kappa shape index (κ2) is 4.14. The summed E-state index contributed by atoms with van der Waals surface area (Å²) in [6, 6.07) is 5.14. The Hall–Kier alpha value is -1.36. The van der Waals surface area contributed by atoms with Crippen LogP contribution in [0.2, 0.25) is 0 Å². The first kappa shape index (κ1) is 10.8. The van der Waals surface area contributed by atoms with E-state index < -0.39 is 0 Å². The second-order valence-corrected chi connectivity index (χ2v) is 5.16. The van der Waals surface area contributed by atoms with Gasteiger partial charge in [0, 0.05) is 10.4 Å². The van der Waals surface area contributed by atoms with Gasteiger partial charge >= 0.3 is 0 Å². The number of halogens is 1. The monoisotopic (exact) mass is 294 g/mol. The molecule has 0 aliphatic heterocycles. The average Bonchev–Trinajstić information content (AvgIpc) is 2.68. The van der Waals surface area contributed by atoms with E-state index in [1.807, 2.05) is 0 Å². The quantitative estimate of drug-likeness (QED) is 0.921. The first-order chi connectivity index (χ1) is 8.24. The number of rotatable bonds is 2. The number of aromatic hydroxyl groups is 1. The first-order valence-electron chi connectivity index (χ1n) is 5.56. The molecular formula is C12H11BrN2O2. The molecule has 1 aromatic heterocycles. The summed E-state index contributed by atoms with van der Waals surface area (Å²) >= 11 is 3.35. The lowest BCUT2D eigenvalue weighted by atomic mass is 9.85. The van der Waals surface area contributed by atoms with Crippen molar-refractivity contribution >= 4 is 15.9 Å². The molecule has 0 amide bonds. The van der Waals surface area contributed by atoms with E-state index in [4.69, 9.17) is 4.52 Å². The summed E-state index contributed by atoms with van der Waals surface area (Å²) in [7, 11) is 0. The lowest BCUT2D eigenvalue weighted by molar-refractivity contribution is 0.365. The maximum atomic E-state index is 9.76. The Balaban J connectivity index is 1.97. The summed E-state index contributed by atoms with van der Waals surface area (Å²) in [6.07, 6.45) is 3.49. The Morgan fingerprint density at radius 2 is 2.18 bits per heavy atom. The van der Waals surface area contributed by atoms with Crippen molar-refractivity contribution in [3.63, 3.8) is 0 Å². The molecule has 3 rings (SSSR count). The molecule has 1 heterocycles. The Labute approximate surface area is 107 Å². The lowest BCUT2D eigenvalue weighted by Crippen LogP contribution is -2.10. The van der Waals surface area contributed by atoms with Crippen molar-refractivity contribution in [2.24, 2.45) is 0 Å². The first-order valence-corrected chi connectivity index (χ1v) is 6.36. The smallest absolute Gasteiger partial charge is 0.261 e. The van der Waals surface area contributed by atoms with Crippen LogP contribution in [0, 0.1) is 0 Å². The molecule has 1 saturated carbocycles. The van der Waals surface area contributed by atoms with E-state index in [9.17, 15) is 5.11 Å². The normalized spacial score (nSPS) is 15.8. The van der Waals surface area contributed by atoms with Crippen LogP contribution in [0.4, 0.5) is 0 Å². The minimum absolute atomic E-state index is 0.150. The fourth-order valence-corrected chi connectivity index (χ4v) is 2.22. The number of phenols is 1. The Kier molecular flexibility index (Phi) is 2.63. The maximum Gasteiger partial charge on any atom is 0.261 e. The standard InChI is InChI=1S/C12H11BrN2O2/c13-8-4-5-10(16)9(6-8)12-14-11(15-17-12)7-2-1-3-7/h4-7,16H,1-3H2. The lowest BCUT2D eigenvalue weighted by Gasteiger charge is -2.20. The number of nitrogens with zero attached hydrogens (tertiary/aromatic N) is 2. The highest BCUT2D eigenvalue weighted by Gasteiger charge is 2.25. The molecule has 88 valence electrons. The molecule has 4 nitrogen and oxygen atoms in total. The van der Waals surface area contributed by atoms with Crippen LogP contribution in [-0.4, -0.2) is 15.2 Å². The summed E-state index contributed by atoms with van der Waals surface area (Å²) < 4.78 is 6.07. The van der Waals surface area contributed by atoms with E-state index in [1.54, 1.807) is 18.2 Å². The van der Waals surface area contributed by atoms with Gasteiger partial charge in [-0.25, -0.2) is 0 Å². The van der Waals surface area contributed by atoms with E-state index in [-0.39, 0.29) is 5.75 Å². The van der Waals surface area contributed by atoms with Crippen LogP contribution in [0.3, 0.4) is 0 Å². The van der Waals surface area contributed by atoms with Crippen LogP contribution < -0.4 is 0 Å². The van der Waals surface area contributed by atoms with Gasteiger partial charge in [0.2, 0.25) is 0 Å². The minimum Gasteiger partial charge on any atom is -0.507 e. The van der Waals surface area contributed by atoms with Crippen molar-refractivity contribution in [1.29, 1.82) is 0 Å². The molecule has 2 aromatic rings. The van der Waals surface area contributed by atoms with Crippen molar-refractivity contribution in [2.45, 2.75) is 25.2 Å². The van der Waals surface area contributed by atoms with Crippen molar-refractivity contribution in [2.75, 3.05) is 0 Å². The largest absolute Gasteiger partial charge is 0.507 e. The van der Waals surface area contributed by atoms with Crippen molar-refractivity contribution in [3.8, 4) is 17.2 Å². The van der Waals surface area contributed by atoms with Gasteiger partial charge in [-0.15, -0.1) is 0 Å². The van der Waals surface area contributed by atoms with Gasteiger partial charge in [-0.1, -0.05) is 27.5 Å². The highest BCUT2D eigenvalue weighted by atomic mass is 79.9.